The maximum atomic E-state index is 5.58. The number of rotatable bonds is 2. The van der Waals surface area contributed by atoms with E-state index in [0.29, 0.717) is 4.64 Å². The van der Waals surface area contributed by atoms with Crippen molar-refractivity contribution in [1.82, 2.24) is 4.98 Å². The van der Waals surface area contributed by atoms with Crippen LogP contribution in [0.1, 0.15) is 0 Å². The first-order valence-electron chi connectivity index (χ1n) is 5.53. The summed E-state index contributed by atoms with van der Waals surface area (Å²) in [5.74, 6) is 0.841. The van der Waals surface area contributed by atoms with Gasteiger partial charge in [-0.25, -0.2) is 0 Å². The molecule has 1 N–H and O–H groups in total. The average molecular weight is 273 g/mol. The molecule has 4 heteroatoms. The fraction of sp³-hybridized carbons (Fsp3) is 0.0714. The monoisotopic (exact) mass is 273 g/mol. The van der Waals surface area contributed by atoms with Gasteiger partial charge in [0.05, 0.1) is 18.2 Å². The van der Waals surface area contributed by atoms with E-state index >= 15 is 0 Å². The second kappa shape index (κ2) is 4.55. The Bertz CT molecular complexity index is 744. The number of para-hydroxylation sites is 1. The Morgan fingerprint density at radius 3 is 2.78 bits per heavy atom. The lowest BCUT2D eigenvalue weighted by molar-refractivity contribution is 0.421. The molecular weight excluding hydrogens is 262 g/mol. The third-order valence-corrected chi connectivity index (χ3v) is 3.88. The number of aromatic amines is 1. The van der Waals surface area contributed by atoms with Crippen LogP contribution in [0.25, 0.3) is 22.0 Å². The van der Waals surface area contributed by atoms with Crippen molar-refractivity contribution >= 4 is 34.5 Å². The van der Waals surface area contributed by atoms with Gasteiger partial charge in [-0.15, -0.1) is 0 Å². The van der Waals surface area contributed by atoms with E-state index in [2.05, 4.69) is 16.4 Å². The smallest absolute Gasteiger partial charge is 0.139 e. The molecule has 1 aromatic carbocycles. The minimum absolute atomic E-state index is 0.712. The van der Waals surface area contributed by atoms with Crippen molar-refractivity contribution in [2.75, 3.05) is 7.11 Å². The largest absolute Gasteiger partial charge is 0.495 e. The quantitative estimate of drug-likeness (QED) is 0.688. The lowest BCUT2D eigenvalue weighted by Crippen LogP contribution is -1.92. The average Bonchev–Trinajstić information content (AvgIpc) is 2.90. The van der Waals surface area contributed by atoms with Gasteiger partial charge in [-0.1, -0.05) is 24.4 Å². The van der Waals surface area contributed by atoms with E-state index in [0.717, 1.165) is 27.8 Å². The molecule has 3 rings (SSSR count). The summed E-state index contributed by atoms with van der Waals surface area (Å²) in [5.41, 5.74) is 3.06. The first-order chi connectivity index (χ1) is 8.81. The first kappa shape index (κ1) is 11.4. The zero-order chi connectivity index (χ0) is 12.5. The van der Waals surface area contributed by atoms with Crippen LogP contribution in [0.2, 0.25) is 0 Å². The predicted octanol–water partition coefficient (Wildman–Crippen LogP) is 4.63. The Balaban J connectivity index is 2.45. The summed E-state index contributed by atoms with van der Waals surface area (Å²) in [6.45, 7) is 0. The van der Waals surface area contributed by atoms with Crippen LogP contribution in [0.5, 0.6) is 5.75 Å². The molecule has 0 saturated heterocycles. The van der Waals surface area contributed by atoms with Crippen molar-refractivity contribution in [3.63, 3.8) is 0 Å². The van der Waals surface area contributed by atoms with Crippen LogP contribution in [0.4, 0.5) is 0 Å². The summed E-state index contributed by atoms with van der Waals surface area (Å²) in [5, 5.41) is 5.17. The highest BCUT2D eigenvalue weighted by molar-refractivity contribution is 7.71. The van der Waals surface area contributed by atoms with Gasteiger partial charge < -0.3 is 9.72 Å². The second-order valence-corrected chi connectivity index (χ2v) is 5.11. The van der Waals surface area contributed by atoms with Gasteiger partial charge in [-0.3, -0.25) is 0 Å². The van der Waals surface area contributed by atoms with E-state index in [1.165, 1.54) is 0 Å². The van der Waals surface area contributed by atoms with Gasteiger partial charge in [-0.2, -0.15) is 11.3 Å². The molecule has 3 aromatic rings. The SMILES string of the molecule is COc1c(-c2ccsc2)c(=S)[nH]c2ccccc12. The van der Waals surface area contributed by atoms with Crippen LogP contribution in [-0.4, -0.2) is 12.1 Å². The minimum Gasteiger partial charge on any atom is -0.495 e. The number of ether oxygens (including phenoxy) is 1. The molecule has 0 bridgehead atoms. The molecule has 0 unspecified atom stereocenters. The molecule has 2 aromatic heterocycles. The molecule has 0 amide bonds. The van der Waals surface area contributed by atoms with Gasteiger partial charge in [-0.05, 0) is 34.5 Å². The van der Waals surface area contributed by atoms with Crippen LogP contribution in [0, 0.1) is 4.64 Å². The van der Waals surface area contributed by atoms with Crippen molar-refractivity contribution < 1.29 is 4.74 Å². The molecule has 0 aliphatic carbocycles. The molecule has 90 valence electrons. The molecule has 0 spiro atoms. The summed E-state index contributed by atoms with van der Waals surface area (Å²) < 4.78 is 6.29. The number of thiophene rings is 1. The summed E-state index contributed by atoms with van der Waals surface area (Å²) in [4.78, 5) is 3.26. The molecule has 0 fully saturated rings. The molecular formula is C14H11NOS2. The van der Waals surface area contributed by atoms with Crippen LogP contribution >= 0.6 is 23.6 Å². The fourth-order valence-electron chi connectivity index (χ4n) is 2.09. The van der Waals surface area contributed by atoms with Crippen LogP contribution in [0.3, 0.4) is 0 Å². The van der Waals surface area contributed by atoms with Crippen molar-refractivity contribution in [2.24, 2.45) is 0 Å². The highest BCUT2D eigenvalue weighted by atomic mass is 32.1. The highest BCUT2D eigenvalue weighted by Crippen LogP contribution is 2.37. The maximum absolute atomic E-state index is 5.58. The molecule has 0 saturated carbocycles. The van der Waals surface area contributed by atoms with E-state index in [4.69, 9.17) is 17.0 Å². The Kier molecular flexibility index (Phi) is 2.89. The number of pyridine rings is 1. The van der Waals surface area contributed by atoms with Crippen LogP contribution < -0.4 is 4.74 Å². The number of hydrogen-bond donors (Lipinski definition) is 1. The normalized spacial score (nSPS) is 10.7. The van der Waals surface area contributed by atoms with E-state index in [-0.39, 0.29) is 0 Å². The molecule has 18 heavy (non-hydrogen) atoms. The number of methoxy groups -OCH3 is 1. The van der Waals surface area contributed by atoms with Gasteiger partial charge >= 0.3 is 0 Å². The minimum atomic E-state index is 0.712. The standard InChI is InChI=1S/C14H11NOS2/c1-16-13-10-4-2-3-5-11(10)15-14(17)12(13)9-6-7-18-8-9/h2-8H,1H3,(H,15,17). The lowest BCUT2D eigenvalue weighted by Gasteiger charge is -2.11. The maximum Gasteiger partial charge on any atom is 0.139 e. The van der Waals surface area contributed by atoms with Gasteiger partial charge in [0.15, 0.2) is 0 Å². The molecule has 0 radical (unpaired) electrons. The van der Waals surface area contributed by atoms with Gasteiger partial charge in [0.25, 0.3) is 0 Å². The molecule has 0 atom stereocenters. The van der Waals surface area contributed by atoms with Gasteiger partial charge in [0.1, 0.15) is 10.4 Å². The first-order valence-corrected chi connectivity index (χ1v) is 6.88. The van der Waals surface area contributed by atoms with Crippen LogP contribution in [-0.2, 0) is 0 Å². The van der Waals surface area contributed by atoms with E-state index in [9.17, 15) is 0 Å². The summed E-state index contributed by atoms with van der Waals surface area (Å²) in [6, 6.07) is 10.1. The Hall–Kier alpha value is -1.65. The van der Waals surface area contributed by atoms with Crippen molar-refractivity contribution in [3.8, 4) is 16.9 Å². The number of hydrogen-bond acceptors (Lipinski definition) is 3. The van der Waals surface area contributed by atoms with E-state index in [1.54, 1.807) is 18.4 Å². The zero-order valence-corrected chi connectivity index (χ0v) is 11.4. The number of aromatic nitrogens is 1. The zero-order valence-electron chi connectivity index (χ0n) is 9.77. The third kappa shape index (κ3) is 1.74. The number of benzene rings is 1. The lowest BCUT2D eigenvalue weighted by atomic mass is 10.1. The van der Waals surface area contributed by atoms with Crippen molar-refractivity contribution in [3.05, 3.63) is 45.7 Å². The Morgan fingerprint density at radius 2 is 2.06 bits per heavy atom. The van der Waals surface area contributed by atoms with Gasteiger partial charge in [0.2, 0.25) is 0 Å². The highest BCUT2D eigenvalue weighted by Gasteiger charge is 2.12. The van der Waals surface area contributed by atoms with Crippen molar-refractivity contribution in [2.45, 2.75) is 0 Å². The summed E-state index contributed by atoms with van der Waals surface area (Å²) in [7, 11) is 1.69. The number of fused-ring (bicyclic) bond motifs is 1. The number of nitrogens with one attached hydrogen (secondary N) is 1. The van der Waals surface area contributed by atoms with E-state index in [1.807, 2.05) is 29.6 Å². The summed E-state index contributed by atoms with van der Waals surface area (Å²) in [6.07, 6.45) is 0. The Labute approximate surface area is 114 Å². The predicted molar refractivity (Wildman–Crippen MR) is 79.0 cm³/mol. The number of H-pyrrole nitrogens is 1. The fourth-order valence-corrected chi connectivity index (χ4v) is 3.06. The van der Waals surface area contributed by atoms with Crippen molar-refractivity contribution in [1.29, 1.82) is 0 Å². The van der Waals surface area contributed by atoms with E-state index < -0.39 is 0 Å². The Morgan fingerprint density at radius 1 is 1.22 bits per heavy atom. The topological polar surface area (TPSA) is 25.0 Å². The summed E-state index contributed by atoms with van der Waals surface area (Å²) >= 11 is 7.10. The second-order valence-electron chi connectivity index (χ2n) is 3.92. The van der Waals surface area contributed by atoms with Gasteiger partial charge in [0, 0.05) is 5.39 Å². The molecule has 2 heterocycles. The third-order valence-electron chi connectivity index (χ3n) is 2.89. The molecule has 0 aliphatic rings. The van der Waals surface area contributed by atoms with Crippen LogP contribution in [0.15, 0.2) is 41.1 Å². The molecule has 0 aliphatic heterocycles. The molecule has 2 nitrogen and oxygen atoms in total.